The number of fused-ring (bicyclic) bond motifs is 2. The minimum absolute atomic E-state index is 0.00958. The SMILES string of the molecule is C=CC(=O)N1CCCC2CN(c3c(F)cc(C(N)=O)c4[nH]c(C(F)(F)F)c(C)c34)CC21. The van der Waals surface area contributed by atoms with E-state index in [1.54, 1.807) is 9.80 Å². The van der Waals surface area contributed by atoms with Crippen molar-refractivity contribution in [1.29, 1.82) is 0 Å². The Morgan fingerprint density at radius 3 is 2.65 bits per heavy atom. The molecule has 0 aliphatic carbocycles. The van der Waals surface area contributed by atoms with Crippen LogP contribution in [0.5, 0.6) is 0 Å². The number of nitrogens with one attached hydrogen (secondary N) is 1. The number of carbonyl (C=O) groups excluding carboxylic acids is 2. The largest absolute Gasteiger partial charge is 0.431 e. The monoisotopic (exact) mass is 438 g/mol. The summed E-state index contributed by atoms with van der Waals surface area (Å²) in [6.45, 7) is 5.99. The molecule has 0 spiro atoms. The fraction of sp³-hybridized carbons (Fsp3) is 0.429. The lowest BCUT2D eigenvalue weighted by Gasteiger charge is -2.36. The summed E-state index contributed by atoms with van der Waals surface area (Å²) in [5.41, 5.74) is 3.58. The van der Waals surface area contributed by atoms with Gasteiger partial charge in [0.25, 0.3) is 5.91 Å². The molecule has 2 unspecified atom stereocenters. The molecule has 3 N–H and O–H groups in total. The van der Waals surface area contributed by atoms with Gasteiger partial charge in [-0.1, -0.05) is 6.58 Å². The van der Waals surface area contributed by atoms with Gasteiger partial charge in [0.05, 0.1) is 22.8 Å². The van der Waals surface area contributed by atoms with E-state index in [-0.39, 0.29) is 52.1 Å². The van der Waals surface area contributed by atoms with Crippen LogP contribution in [0, 0.1) is 18.7 Å². The number of halogens is 4. The van der Waals surface area contributed by atoms with Gasteiger partial charge in [-0.05, 0) is 43.4 Å². The van der Waals surface area contributed by atoms with Gasteiger partial charge in [-0.25, -0.2) is 4.39 Å². The van der Waals surface area contributed by atoms with Crippen LogP contribution < -0.4 is 10.6 Å². The van der Waals surface area contributed by atoms with Crippen LogP contribution in [0.2, 0.25) is 0 Å². The number of aryl methyl sites for hydroxylation is 1. The molecule has 10 heteroatoms. The third-order valence-corrected chi connectivity index (χ3v) is 6.36. The summed E-state index contributed by atoms with van der Waals surface area (Å²) in [5.74, 6) is -2.01. The molecule has 0 saturated carbocycles. The Balaban J connectivity index is 1.87. The van der Waals surface area contributed by atoms with Crippen LogP contribution >= 0.6 is 0 Å². The van der Waals surface area contributed by atoms with Crippen molar-refractivity contribution in [2.45, 2.75) is 32.0 Å². The third kappa shape index (κ3) is 3.34. The first kappa shape index (κ1) is 21.2. The molecular formula is C21H22F4N4O2. The molecule has 4 rings (SSSR count). The van der Waals surface area contributed by atoms with Gasteiger partial charge >= 0.3 is 6.18 Å². The minimum atomic E-state index is -4.71. The second-order valence-electron chi connectivity index (χ2n) is 8.10. The lowest BCUT2D eigenvalue weighted by Crippen LogP contribution is -2.47. The van der Waals surface area contributed by atoms with Gasteiger partial charge in [-0.2, -0.15) is 13.2 Å². The molecule has 0 radical (unpaired) electrons. The number of piperidine rings is 1. The number of H-pyrrole nitrogens is 1. The first-order valence-corrected chi connectivity index (χ1v) is 9.94. The fourth-order valence-electron chi connectivity index (χ4n) is 5.02. The number of aromatic nitrogens is 1. The molecule has 166 valence electrons. The highest BCUT2D eigenvalue weighted by atomic mass is 19.4. The molecule has 2 atom stereocenters. The summed E-state index contributed by atoms with van der Waals surface area (Å²) in [7, 11) is 0. The number of anilines is 1. The van der Waals surface area contributed by atoms with Crippen molar-refractivity contribution in [3.63, 3.8) is 0 Å². The standard InChI is InChI=1S/C21H22F4N4O2/c1-3-15(30)29-6-4-5-11-8-28(9-14(11)29)18-13(22)7-12(20(26)31)17-16(18)10(2)19(27-17)21(23,24)25/h3,7,11,14,27H,1,4-6,8-9H2,2H3,(H2,26,31). The summed E-state index contributed by atoms with van der Waals surface area (Å²) >= 11 is 0. The molecule has 2 aromatic rings. The highest BCUT2D eigenvalue weighted by molar-refractivity contribution is 6.10. The summed E-state index contributed by atoms with van der Waals surface area (Å²) in [6.07, 6.45) is -1.87. The lowest BCUT2D eigenvalue weighted by molar-refractivity contribution is -0.141. The van der Waals surface area contributed by atoms with Crippen LogP contribution in [0.25, 0.3) is 10.9 Å². The number of hydrogen-bond donors (Lipinski definition) is 2. The summed E-state index contributed by atoms with van der Waals surface area (Å²) < 4.78 is 55.9. The van der Waals surface area contributed by atoms with Crippen LogP contribution in [-0.2, 0) is 11.0 Å². The predicted octanol–water partition coefficient (Wildman–Crippen LogP) is 3.35. The second-order valence-corrected chi connectivity index (χ2v) is 8.10. The molecule has 0 bridgehead atoms. The normalized spacial score (nSPS) is 21.5. The van der Waals surface area contributed by atoms with E-state index in [9.17, 15) is 22.8 Å². The molecule has 6 nitrogen and oxygen atoms in total. The molecule has 2 amide bonds. The number of amides is 2. The third-order valence-electron chi connectivity index (χ3n) is 6.36. The quantitative estimate of drug-likeness (QED) is 0.570. The molecule has 2 aliphatic rings. The number of rotatable bonds is 3. The number of aromatic amines is 1. The number of carbonyl (C=O) groups is 2. The van der Waals surface area contributed by atoms with Crippen molar-refractivity contribution < 1.29 is 27.2 Å². The topological polar surface area (TPSA) is 82.4 Å². The molecule has 2 saturated heterocycles. The number of benzene rings is 1. The van der Waals surface area contributed by atoms with Crippen molar-refractivity contribution in [3.05, 3.63) is 41.4 Å². The van der Waals surface area contributed by atoms with E-state index in [0.29, 0.717) is 13.1 Å². The number of primary amides is 1. The van der Waals surface area contributed by atoms with Crippen molar-refractivity contribution in [1.82, 2.24) is 9.88 Å². The van der Waals surface area contributed by atoms with E-state index in [1.165, 1.54) is 13.0 Å². The van der Waals surface area contributed by atoms with E-state index in [4.69, 9.17) is 5.73 Å². The van der Waals surface area contributed by atoms with Crippen molar-refractivity contribution >= 4 is 28.4 Å². The van der Waals surface area contributed by atoms with E-state index >= 15 is 4.39 Å². The molecule has 1 aromatic carbocycles. The predicted molar refractivity (Wildman–Crippen MR) is 107 cm³/mol. The number of nitrogens with zero attached hydrogens (tertiary/aromatic N) is 2. The molecule has 2 aliphatic heterocycles. The van der Waals surface area contributed by atoms with Crippen LogP contribution in [0.1, 0.15) is 34.5 Å². The van der Waals surface area contributed by atoms with Crippen LogP contribution in [0.3, 0.4) is 0 Å². The number of hydrogen-bond acceptors (Lipinski definition) is 3. The zero-order chi connectivity index (χ0) is 22.7. The Hall–Kier alpha value is -3.04. The molecule has 3 heterocycles. The number of alkyl halides is 3. The average molecular weight is 438 g/mol. The first-order chi connectivity index (χ1) is 14.5. The Bertz CT molecular complexity index is 1090. The van der Waals surface area contributed by atoms with E-state index in [2.05, 4.69) is 11.6 Å². The summed E-state index contributed by atoms with van der Waals surface area (Å²) in [6, 6.07) is 0.691. The van der Waals surface area contributed by atoms with Crippen LogP contribution in [-0.4, -0.2) is 47.4 Å². The highest BCUT2D eigenvalue weighted by Gasteiger charge is 2.43. The summed E-state index contributed by atoms with van der Waals surface area (Å²) in [5, 5.41) is -0.0126. The second kappa shape index (κ2) is 7.28. The van der Waals surface area contributed by atoms with Crippen molar-refractivity contribution in [2.75, 3.05) is 24.5 Å². The van der Waals surface area contributed by atoms with Crippen LogP contribution in [0.4, 0.5) is 23.2 Å². The molecular weight excluding hydrogens is 416 g/mol. The van der Waals surface area contributed by atoms with Gasteiger partial charge in [-0.3, -0.25) is 9.59 Å². The Morgan fingerprint density at radius 1 is 1.32 bits per heavy atom. The van der Waals surface area contributed by atoms with Gasteiger partial charge in [-0.15, -0.1) is 0 Å². The summed E-state index contributed by atoms with van der Waals surface area (Å²) in [4.78, 5) is 29.7. The maximum Gasteiger partial charge on any atom is 0.431 e. The average Bonchev–Trinajstić information content (AvgIpc) is 3.28. The maximum absolute atomic E-state index is 15.2. The van der Waals surface area contributed by atoms with Gasteiger partial charge in [0.15, 0.2) is 0 Å². The molecule has 31 heavy (non-hydrogen) atoms. The minimum Gasteiger partial charge on any atom is -0.366 e. The number of likely N-dealkylation sites (tertiary alicyclic amines) is 1. The molecule has 1 aromatic heterocycles. The van der Waals surface area contributed by atoms with Crippen molar-refractivity contribution in [3.8, 4) is 0 Å². The van der Waals surface area contributed by atoms with E-state index < -0.39 is 23.6 Å². The van der Waals surface area contributed by atoms with E-state index in [0.717, 1.165) is 18.9 Å². The highest BCUT2D eigenvalue weighted by Crippen LogP contribution is 2.43. The first-order valence-electron chi connectivity index (χ1n) is 9.94. The van der Waals surface area contributed by atoms with E-state index in [1.807, 2.05) is 0 Å². The van der Waals surface area contributed by atoms with Gasteiger partial charge in [0.2, 0.25) is 5.91 Å². The Morgan fingerprint density at radius 2 is 2.03 bits per heavy atom. The van der Waals surface area contributed by atoms with Gasteiger partial charge in [0.1, 0.15) is 11.5 Å². The smallest absolute Gasteiger partial charge is 0.366 e. The fourth-order valence-corrected chi connectivity index (χ4v) is 5.02. The zero-order valence-corrected chi connectivity index (χ0v) is 16.9. The zero-order valence-electron chi connectivity index (χ0n) is 16.9. The maximum atomic E-state index is 15.2. The Labute approximate surface area is 175 Å². The van der Waals surface area contributed by atoms with Crippen LogP contribution in [0.15, 0.2) is 18.7 Å². The lowest BCUT2D eigenvalue weighted by atomic mass is 9.92. The Kier molecular flexibility index (Phi) is 4.98. The van der Waals surface area contributed by atoms with Crippen molar-refractivity contribution in [2.24, 2.45) is 11.7 Å². The van der Waals surface area contributed by atoms with Gasteiger partial charge in [0, 0.05) is 25.0 Å². The molecule has 2 fully saturated rings. The number of nitrogens with two attached hydrogens (primary N) is 1. The van der Waals surface area contributed by atoms with Gasteiger partial charge < -0.3 is 20.5 Å².